The molecule has 18 heavy (non-hydrogen) atoms. The molecule has 0 aromatic heterocycles. The molecule has 2 amide bonds. The SMILES string of the molecule is CNC(=O)C1CCN(C(=O)C2CC2[N+](=O)[O-])CC1. The molecule has 2 rings (SSSR count). The van der Waals surface area contributed by atoms with E-state index in [0.717, 1.165) is 0 Å². The predicted molar refractivity (Wildman–Crippen MR) is 62.3 cm³/mol. The number of nitrogens with one attached hydrogen (secondary N) is 1. The van der Waals surface area contributed by atoms with E-state index in [-0.39, 0.29) is 22.7 Å². The number of carbonyl (C=O) groups is 2. The minimum Gasteiger partial charge on any atom is -0.359 e. The number of hydrogen-bond donors (Lipinski definition) is 1. The van der Waals surface area contributed by atoms with E-state index in [4.69, 9.17) is 0 Å². The molecule has 100 valence electrons. The van der Waals surface area contributed by atoms with Crippen molar-refractivity contribution in [1.29, 1.82) is 0 Å². The quantitative estimate of drug-likeness (QED) is 0.550. The van der Waals surface area contributed by atoms with Crippen LogP contribution >= 0.6 is 0 Å². The van der Waals surface area contributed by atoms with Gasteiger partial charge < -0.3 is 10.2 Å². The van der Waals surface area contributed by atoms with Crippen molar-refractivity contribution in [2.45, 2.75) is 25.3 Å². The summed E-state index contributed by atoms with van der Waals surface area (Å²) in [6.45, 7) is 1.05. The molecular formula is C11H17N3O4. The summed E-state index contributed by atoms with van der Waals surface area (Å²) in [6, 6.07) is -0.686. The molecule has 7 heteroatoms. The van der Waals surface area contributed by atoms with E-state index < -0.39 is 12.0 Å². The summed E-state index contributed by atoms with van der Waals surface area (Å²) >= 11 is 0. The van der Waals surface area contributed by atoms with Crippen molar-refractivity contribution in [3.8, 4) is 0 Å². The van der Waals surface area contributed by atoms with Crippen molar-refractivity contribution < 1.29 is 14.5 Å². The summed E-state index contributed by atoms with van der Waals surface area (Å²) in [4.78, 5) is 35.2. The summed E-state index contributed by atoms with van der Waals surface area (Å²) in [5, 5.41) is 13.1. The summed E-state index contributed by atoms with van der Waals surface area (Å²) in [5.41, 5.74) is 0. The van der Waals surface area contributed by atoms with Crippen LogP contribution in [0.15, 0.2) is 0 Å². The smallest absolute Gasteiger partial charge is 0.232 e. The Hall–Kier alpha value is -1.66. The molecule has 2 aliphatic rings. The lowest BCUT2D eigenvalue weighted by atomic mass is 9.96. The van der Waals surface area contributed by atoms with Gasteiger partial charge in [0.1, 0.15) is 5.92 Å². The van der Waals surface area contributed by atoms with Crippen molar-refractivity contribution in [2.75, 3.05) is 20.1 Å². The monoisotopic (exact) mass is 255 g/mol. The number of hydrogen-bond acceptors (Lipinski definition) is 4. The summed E-state index contributed by atoms with van der Waals surface area (Å²) in [7, 11) is 1.60. The maximum absolute atomic E-state index is 11.9. The highest BCUT2D eigenvalue weighted by Gasteiger charge is 2.54. The molecule has 0 bridgehead atoms. The molecule has 0 radical (unpaired) electrons. The highest BCUT2D eigenvalue weighted by Crippen LogP contribution is 2.35. The number of carbonyl (C=O) groups excluding carboxylic acids is 2. The van der Waals surface area contributed by atoms with Crippen LogP contribution in [0.2, 0.25) is 0 Å². The van der Waals surface area contributed by atoms with Crippen LogP contribution in [0.5, 0.6) is 0 Å². The number of likely N-dealkylation sites (tertiary alicyclic amines) is 1. The number of rotatable bonds is 3. The molecule has 1 heterocycles. The Balaban J connectivity index is 1.82. The van der Waals surface area contributed by atoms with Gasteiger partial charge >= 0.3 is 0 Å². The van der Waals surface area contributed by atoms with Gasteiger partial charge in [-0.15, -0.1) is 0 Å². The lowest BCUT2D eigenvalue weighted by molar-refractivity contribution is -0.497. The maximum atomic E-state index is 11.9. The highest BCUT2D eigenvalue weighted by molar-refractivity contribution is 5.83. The second-order valence-corrected chi connectivity index (χ2v) is 4.91. The standard InChI is InChI=1S/C11H17N3O4/c1-12-10(15)7-2-4-13(5-3-7)11(16)8-6-9(8)14(17)18/h7-9H,2-6H2,1H3,(H,12,15). The van der Waals surface area contributed by atoms with Gasteiger partial charge in [-0.1, -0.05) is 0 Å². The topological polar surface area (TPSA) is 92.6 Å². The maximum Gasteiger partial charge on any atom is 0.232 e. The number of piperidine rings is 1. The van der Waals surface area contributed by atoms with Crippen molar-refractivity contribution >= 4 is 11.8 Å². The minimum atomic E-state index is -0.686. The normalized spacial score (nSPS) is 27.7. The Bertz CT molecular complexity index is 376. The predicted octanol–water partition coefficient (Wildman–Crippen LogP) is -0.364. The Morgan fingerprint density at radius 2 is 1.94 bits per heavy atom. The first kappa shape index (κ1) is 12.8. The average molecular weight is 255 g/mol. The van der Waals surface area contributed by atoms with Gasteiger partial charge in [-0.05, 0) is 12.8 Å². The Kier molecular flexibility index (Phi) is 3.49. The molecule has 2 atom stereocenters. The lowest BCUT2D eigenvalue weighted by Gasteiger charge is -2.31. The van der Waals surface area contributed by atoms with E-state index in [9.17, 15) is 19.7 Å². The van der Waals surface area contributed by atoms with E-state index >= 15 is 0 Å². The first-order valence-corrected chi connectivity index (χ1v) is 6.18. The lowest BCUT2D eigenvalue weighted by Crippen LogP contribution is -2.43. The van der Waals surface area contributed by atoms with Gasteiger partial charge in [0.25, 0.3) is 0 Å². The van der Waals surface area contributed by atoms with Crippen LogP contribution in [0.4, 0.5) is 0 Å². The van der Waals surface area contributed by atoms with Crippen LogP contribution in [0, 0.1) is 22.0 Å². The van der Waals surface area contributed by atoms with Gasteiger partial charge in [-0.3, -0.25) is 19.7 Å². The molecular weight excluding hydrogens is 238 g/mol. The molecule has 0 aromatic rings. The third-order valence-corrected chi connectivity index (χ3v) is 3.77. The molecule has 0 spiro atoms. The van der Waals surface area contributed by atoms with Crippen molar-refractivity contribution in [1.82, 2.24) is 10.2 Å². The third-order valence-electron chi connectivity index (χ3n) is 3.77. The van der Waals surface area contributed by atoms with E-state index in [2.05, 4.69) is 5.32 Å². The van der Waals surface area contributed by atoms with Crippen LogP contribution < -0.4 is 5.32 Å². The summed E-state index contributed by atoms with van der Waals surface area (Å²) in [5.74, 6) is -0.579. The molecule has 0 aromatic carbocycles. The Morgan fingerprint density at radius 1 is 1.33 bits per heavy atom. The first-order chi connectivity index (χ1) is 8.54. The molecule has 7 nitrogen and oxygen atoms in total. The first-order valence-electron chi connectivity index (χ1n) is 6.18. The number of nitro groups is 1. The van der Waals surface area contributed by atoms with Crippen LogP contribution in [0.25, 0.3) is 0 Å². The Morgan fingerprint density at radius 3 is 2.39 bits per heavy atom. The number of nitrogens with zero attached hydrogens (tertiary/aromatic N) is 2. The van der Waals surface area contributed by atoms with Crippen LogP contribution in [0.3, 0.4) is 0 Å². The van der Waals surface area contributed by atoms with Gasteiger partial charge in [0, 0.05) is 37.4 Å². The zero-order valence-electron chi connectivity index (χ0n) is 10.3. The molecule has 1 saturated heterocycles. The molecule has 1 N–H and O–H groups in total. The van der Waals surface area contributed by atoms with Crippen molar-refractivity contribution in [2.24, 2.45) is 11.8 Å². The van der Waals surface area contributed by atoms with Crippen LogP contribution in [-0.4, -0.2) is 47.8 Å². The van der Waals surface area contributed by atoms with E-state index in [1.54, 1.807) is 11.9 Å². The summed E-state index contributed by atoms with van der Waals surface area (Å²) in [6.07, 6.45) is 1.64. The third kappa shape index (κ3) is 2.44. The minimum absolute atomic E-state index is 0.0108. The molecule has 1 aliphatic heterocycles. The van der Waals surface area contributed by atoms with Gasteiger partial charge in [0.2, 0.25) is 17.9 Å². The average Bonchev–Trinajstić information content (AvgIpc) is 3.17. The van der Waals surface area contributed by atoms with Crippen LogP contribution in [-0.2, 0) is 9.59 Å². The fourth-order valence-corrected chi connectivity index (χ4v) is 2.48. The fourth-order valence-electron chi connectivity index (χ4n) is 2.48. The molecule has 1 aliphatic carbocycles. The Labute approximate surface area is 105 Å². The second kappa shape index (κ2) is 4.91. The van der Waals surface area contributed by atoms with E-state index in [1.165, 1.54) is 0 Å². The second-order valence-electron chi connectivity index (χ2n) is 4.91. The molecule has 1 saturated carbocycles. The van der Waals surface area contributed by atoms with Gasteiger partial charge in [-0.25, -0.2) is 0 Å². The largest absolute Gasteiger partial charge is 0.359 e. The van der Waals surface area contributed by atoms with E-state index in [1.807, 2.05) is 0 Å². The fraction of sp³-hybridized carbons (Fsp3) is 0.818. The van der Waals surface area contributed by atoms with Gasteiger partial charge in [0.15, 0.2) is 0 Å². The molecule has 2 unspecified atom stereocenters. The molecule has 2 fully saturated rings. The summed E-state index contributed by atoms with van der Waals surface area (Å²) < 4.78 is 0. The van der Waals surface area contributed by atoms with E-state index in [0.29, 0.717) is 32.4 Å². The van der Waals surface area contributed by atoms with Crippen LogP contribution in [0.1, 0.15) is 19.3 Å². The highest BCUT2D eigenvalue weighted by atomic mass is 16.6. The van der Waals surface area contributed by atoms with Gasteiger partial charge in [0.05, 0.1) is 0 Å². The van der Waals surface area contributed by atoms with Crippen molar-refractivity contribution in [3.05, 3.63) is 10.1 Å². The van der Waals surface area contributed by atoms with Gasteiger partial charge in [-0.2, -0.15) is 0 Å². The zero-order chi connectivity index (χ0) is 13.3. The number of amides is 2. The zero-order valence-corrected chi connectivity index (χ0v) is 10.3. The van der Waals surface area contributed by atoms with Crippen molar-refractivity contribution in [3.63, 3.8) is 0 Å².